The molecule has 0 spiro atoms. The number of ether oxygens (including phenoxy) is 2. The van der Waals surface area contributed by atoms with E-state index in [1.54, 1.807) is 7.11 Å². The lowest BCUT2D eigenvalue weighted by molar-refractivity contribution is -0.147. The van der Waals surface area contributed by atoms with Gasteiger partial charge in [0.1, 0.15) is 5.75 Å². The average Bonchev–Trinajstić information content (AvgIpc) is 2.58. The zero-order chi connectivity index (χ0) is 17.4. The van der Waals surface area contributed by atoms with Crippen LogP contribution in [0.3, 0.4) is 0 Å². The van der Waals surface area contributed by atoms with E-state index in [4.69, 9.17) is 9.47 Å². The number of rotatable bonds is 7. The monoisotopic (exact) mass is 327 g/mol. The Morgan fingerprint density at radius 3 is 2.46 bits per heavy atom. The Morgan fingerprint density at radius 1 is 1.04 bits per heavy atom. The lowest BCUT2D eigenvalue weighted by atomic mass is 10.1. The smallest absolute Gasteiger partial charge is 0.310 e. The molecule has 0 saturated carbocycles. The average molecular weight is 327 g/mol. The third kappa shape index (κ3) is 5.76. The third-order valence-electron chi connectivity index (χ3n) is 3.44. The van der Waals surface area contributed by atoms with Crippen molar-refractivity contribution in [3.63, 3.8) is 0 Å². The minimum Gasteiger partial charge on any atom is -0.497 e. The number of hydrogen-bond acceptors (Lipinski definition) is 4. The molecular weight excluding hydrogens is 306 g/mol. The molecule has 5 heteroatoms. The second-order valence-corrected chi connectivity index (χ2v) is 5.45. The van der Waals surface area contributed by atoms with Crippen LogP contribution in [0.15, 0.2) is 48.5 Å². The SMILES string of the molecule is COc1ccc(CNC(=O)COC(=O)Cc2cccc(C)c2)cc1. The Morgan fingerprint density at radius 2 is 1.79 bits per heavy atom. The van der Waals surface area contributed by atoms with Crippen LogP contribution < -0.4 is 10.1 Å². The maximum atomic E-state index is 11.8. The number of aryl methyl sites for hydroxylation is 1. The number of esters is 1. The molecule has 0 aliphatic heterocycles. The first kappa shape index (κ1) is 17.5. The number of methoxy groups -OCH3 is 1. The first-order chi connectivity index (χ1) is 11.6. The molecule has 24 heavy (non-hydrogen) atoms. The molecule has 126 valence electrons. The highest BCUT2D eigenvalue weighted by Crippen LogP contribution is 2.11. The topological polar surface area (TPSA) is 64.6 Å². The van der Waals surface area contributed by atoms with Gasteiger partial charge in [-0.25, -0.2) is 0 Å². The summed E-state index contributed by atoms with van der Waals surface area (Å²) in [6, 6.07) is 15.0. The van der Waals surface area contributed by atoms with Gasteiger partial charge in [-0.05, 0) is 30.2 Å². The van der Waals surface area contributed by atoms with Gasteiger partial charge in [0.15, 0.2) is 6.61 Å². The highest BCUT2D eigenvalue weighted by atomic mass is 16.5. The van der Waals surface area contributed by atoms with Crippen molar-refractivity contribution in [2.45, 2.75) is 19.9 Å². The summed E-state index contributed by atoms with van der Waals surface area (Å²) in [5, 5.41) is 2.71. The Kier molecular flexibility index (Phi) is 6.37. The minimum atomic E-state index is -0.416. The lowest BCUT2D eigenvalue weighted by Gasteiger charge is -2.08. The maximum absolute atomic E-state index is 11.8. The van der Waals surface area contributed by atoms with Gasteiger partial charge in [0.25, 0.3) is 5.91 Å². The second-order valence-electron chi connectivity index (χ2n) is 5.45. The van der Waals surface area contributed by atoms with Crippen molar-refractivity contribution in [2.24, 2.45) is 0 Å². The van der Waals surface area contributed by atoms with Crippen molar-refractivity contribution in [1.82, 2.24) is 5.32 Å². The number of amides is 1. The second kappa shape index (κ2) is 8.72. The third-order valence-corrected chi connectivity index (χ3v) is 3.44. The van der Waals surface area contributed by atoms with E-state index in [0.29, 0.717) is 6.54 Å². The summed E-state index contributed by atoms with van der Waals surface area (Å²) in [5.74, 6) is 0.0127. The molecule has 0 heterocycles. The molecule has 1 N–H and O–H groups in total. The Hall–Kier alpha value is -2.82. The number of benzene rings is 2. The van der Waals surface area contributed by atoms with Crippen LogP contribution in [-0.4, -0.2) is 25.6 Å². The van der Waals surface area contributed by atoms with Crippen molar-refractivity contribution >= 4 is 11.9 Å². The van der Waals surface area contributed by atoms with Crippen LogP contribution in [-0.2, 0) is 27.3 Å². The van der Waals surface area contributed by atoms with Crippen molar-refractivity contribution in [2.75, 3.05) is 13.7 Å². The Balaban J connectivity index is 1.71. The predicted octanol–water partition coefficient (Wildman–Crippen LogP) is 2.41. The minimum absolute atomic E-state index is 0.160. The predicted molar refractivity (Wildman–Crippen MR) is 90.7 cm³/mol. The summed E-state index contributed by atoms with van der Waals surface area (Å²) in [6.45, 7) is 2.06. The fraction of sp³-hybridized carbons (Fsp3) is 0.263. The molecule has 1 amide bonds. The highest BCUT2D eigenvalue weighted by molar-refractivity contribution is 5.81. The van der Waals surface area contributed by atoms with Crippen LogP contribution in [0.1, 0.15) is 16.7 Å². The van der Waals surface area contributed by atoms with Crippen LogP contribution in [0.5, 0.6) is 5.75 Å². The molecule has 0 saturated heterocycles. The molecule has 0 aliphatic rings. The van der Waals surface area contributed by atoms with Gasteiger partial charge in [0.2, 0.25) is 0 Å². The highest BCUT2D eigenvalue weighted by Gasteiger charge is 2.08. The van der Waals surface area contributed by atoms with E-state index in [1.807, 2.05) is 55.5 Å². The van der Waals surface area contributed by atoms with Crippen molar-refractivity contribution in [3.05, 3.63) is 65.2 Å². The molecule has 2 rings (SSSR count). The molecule has 2 aromatic rings. The molecular formula is C19H21NO4. The molecule has 0 radical (unpaired) electrons. The van der Waals surface area contributed by atoms with Crippen molar-refractivity contribution in [1.29, 1.82) is 0 Å². The van der Waals surface area contributed by atoms with E-state index in [1.165, 1.54) is 0 Å². The summed E-state index contributed by atoms with van der Waals surface area (Å²) < 4.78 is 10.1. The molecule has 5 nitrogen and oxygen atoms in total. The first-order valence-corrected chi connectivity index (χ1v) is 7.67. The Labute approximate surface area is 141 Å². The van der Waals surface area contributed by atoms with Crippen molar-refractivity contribution < 1.29 is 19.1 Å². The standard InChI is InChI=1S/C19H21NO4/c1-14-4-3-5-16(10-14)11-19(22)24-13-18(21)20-12-15-6-8-17(23-2)9-7-15/h3-10H,11-13H2,1-2H3,(H,20,21). The van der Waals surface area contributed by atoms with Crippen LogP contribution in [0.4, 0.5) is 0 Å². The number of hydrogen-bond donors (Lipinski definition) is 1. The number of carbonyl (C=O) groups is 2. The first-order valence-electron chi connectivity index (χ1n) is 7.67. The fourth-order valence-corrected chi connectivity index (χ4v) is 2.18. The van der Waals surface area contributed by atoms with Crippen LogP contribution in [0.25, 0.3) is 0 Å². The zero-order valence-corrected chi connectivity index (χ0v) is 13.9. The zero-order valence-electron chi connectivity index (χ0n) is 13.9. The van der Waals surface area contributed by atoms with Gasteiger partial charge < -0.3 is 14.8 Å². The van der Waals surface area contributed by atoms with Gasteiger partial charge in [-0.3, -0.25) is 9.59 Å². The van der Waals surface area contributed by atoms with Crippen LogP contribution in [0.2, 0.25) is 0 Å². The van der Waals surface area contributed by atoms with Gasteiger partial charge in [-0.1, -0.05) is 42.0 Å². The van der Waals surface area contributed by atoms with E-state index >= 15 is 0 Å². The van der Waals surface area contributed by atoms with E-state index in [0.717, 1.165) is 22.4 Å². The van der Waals surface area contributed by atoms with Crippen LogP contribution in [0, 0.1) is 6.92 Å². The van der Waals surface area contributed by atoms with E-state index < -0.39 is 5.97 Å². The molecule has 0 unspecified atom stereocenters. The van der Waals surface area contributed by atoms with Gasteiger partial charge in [0.05, 0.1) is 13.5 Å². The molecule has 0 aliphatic carbocycles. The normalized spacial score (nSPS) is 10.1. The van der Waals surface area contributed by atoms with E-state index in [-0.39, 0.29) is 18.9 Å². The quantitative estimate of drug-likeness (QED) is 0.793. The molecule has 0 atom stereocenters. The molecule has 0 aromatic heterocycles. The summed E-state index contributed by atoms with van der Waals surface area (Å²) in [7, 11) is 1.60. The fourth-order valence-electron chi connectivity index (χ4n) is 2.18. The van der Waals surface area contributed by atoms with E-state index in [2.05, 4.69) is 5.32 Å². The maximum Gasteiger partial charge on any atom is 0.310 e. The molecule has 2 aromatic carbocycles. The molecule has 0 fully saturated rings. The summed E-state index contributed by atoms with van der Waals surface area (Å²) in [6.07, 6.45) is 0.160. The Bertz CT molecular complexity index is 695. The number of nitrogens with one attached hydrogen (secondary N) is 1. The summed E-state index contributed by atoms with van der Waals surface area (Å²) in [4.78, 5) is 23.5. The van der Waals surface area contributed by atoms with Gasteiger partial charge >= 0.3 is 5.97 Å². The van der Waals surface area contributed by atoms with Gasteiger partial charge in [-0.2, -0.15) is 0 Å². The largest absolute Gasteiger partial charge is 0.497 e. The lowest BCUT2D eigenvalue weighted by Crippen LogP contribution is -2.28. The summed E-state index contributed by atoms with van der Waals surface area (Å²) in [5.41, 5.74) is 2.89. The number of carbonyl (C=O) groups excluding carboxylic acids is 2. The van der Waals surface area contributed by atoms with Crippen LogP contribution >= 0.6 is 0 Å². The van der Waals surface area contributed by atoms with Gasteiger partial charge in [0, 0.05) is 6.54 Å². The van der Waals surface area contributed by atoms with Gasteiger partial charge in [-0.15, -0.1) is 0 Å². The van der Waals surface area contributed by atoms with E-state index in [9.17, 15) is 9.59 Å². The summed E-state index contributed by atoms with van der Waals surface area (Å²) >= 11 is 0. The van der Waals surface area contributed by atoms with Crippen molar-refractivity contribution in [3.8, 4) is 5.75 Å². The molecule has 0 bridgehead atoms.